The van der Waals surface area contributed by atoms with E-state index in [1.165, 1.54) is 53.7 Å². The summed E-state index contributed by atoms with van der Waals surface area (Å²) >= 11 is 0. The van der Waals surface area contributed by atoms with Crippen molar-refractivity contribution in [3.63, 3.8) is 0 Å². The molecule has 108 valence electrons. The Morgan fingerprint density at radius 2 is 1.86 bits per heavy atom. The summed E-state index contributed by atoms with van der Waals surface area (Å²) in [6.45, 7) is 4.45. The van der Waals surface area contributed by atoms with Crippen molar-refractivity contribution >= 4 is 5.69 Å². The molecule has 2 aromatic carbocycles. The molecule has 0 atom stereocenters. The highest BCUT2D eigenvalue weighted by molar-refractivity contribution is 5.54. The first kappa shape index (κ1) is 12.9. The number of hydrogen-bond acceptors (Lipinski definition) is 2. The molecule has 0 saturated heterocycles. The van der Waals surface area contributed by atoms with Gasteiger partial charge in [0.05, 0.1) is 0 Å². The van der Waals surface area contributed by atoms with E-state index in [0.717, 1.165) is 19.6 Å². The fourth-order valence-electron chi connectivity index (χ4n) is 3.57. The van der Waals surface area contributed by atoms with Gasteiger partial charge in [-0.15, -0.1) is 0 Å². The Balaban J connectivity index is 1.50. The summed E-state index contributed by atoms with van der Waals surface area (Å²) < 4.78 is 0. The first-order chi connectivity index (χ1) is 10.4. The van der Waals surface area contributed by atoms with Crippen molar-refractivity contribution in [3.05, 3.63) is 64.7 Å². The third-order valence-electron chi connectivity index (χ3n) is 4.72. The van der Waals surface area contributed by atoms with Gasteiger partial charge in [-0.25, -0.2) is 0 Å². The lowest BCUT2D eigenvalue weighted by Crippen LogP contribution is -2.30. The Hall–Kier alpha value is -1.80. The zero-order valence-electron chi connectivity index (χ0n) is 12.4. The topological polar surface area (TPSA) is 15.3 Å². The van der Waals surface area contributed by atoms with E-state index in [0.29, 0.717) is 0 Å². The molecule has 21 heavy (non-hydrogen) atoms. The van der Waals surface area contributed by atoms with E-state index in [9.17, 15) is 0 Å². The Morgan fingerprint density at radius 1 is 0.952 bits per heavy atom. The molecule has 0 amide bonds. The highest BCUT2D eigenvalue weighted by Gasteiger charge is 2.16. The van der Waals surface area contributed by atoms with Crippen LogP contribution in [0.15, 0.2) is 42.5 Å². The van der Waals surface area contributed by atoms with Crippen LogP contribution in [0.3, 0.4) is 0 Å². The number of rotatable bonds is 2. The maximum absolute atomic E-state index is 3.49. The molecule has 0 radical (unpaired) electrons. The fraction of sp³-hybridized carbons (Fsp3) is 0.368. The monoisotopic (exact) mass is 278 g/mol. The molecule has 2 aliphatic heterocycles. The van der Waals surface area contributed by atoms with Crippen LogP contribution in [0.2, 0.25) is 0 Å². The second kappa shape index (κ2) is 5.53. The predicted molar refractivity (Wildman–Crippen MR) is 87.5 cm³/mol. The van der Waals surface area contributed by atoms with Gasteiger partial charge in [0.15, 0.2) is 0 Å². The lowest BCUT2D eigenvalue weighted by Gasteiger charge is -2.29. The molecular formula is C19H22N2. The van der Waals surface area contributed by atoms with Crippen LogP contribution in [-0.2, 0) is 25.9 Å². The van der Waals surface area contributed by atoms with Gasteiger partial charge in [-0.2, -0.15) is 0 Å². The summed E-state index contributed by atoms with van der Waals surface area (Å²) in [4.78, 5) is 2.57. The molecule has 0 unspecified atom stereocenters. The lowest BCUT2D eigenvalue weighted by atomic mass is 9.98. The maximum atomic E-state index is 3.49. The van der Waals surface area contributed by atoms with Crippen LogP contribution in [0.1, 0.15) is 28.7 Å². The van der Waals surface area contributed by atoms with E-state index >= 15 is 0 Å². The summed E-state index contributed by atoms with van der Waals surface area (Å²) in [5.41, 5.74) is 7.33. The van der Waals surface area contributed by atoms with E-state index in [1.54, 1.807) is 0 Å². The molecule has 0 aliphatic carbocycles. The number of fused-ring (bicyclic) bond motifs is 2. The minimum absolute atomic E-state index is 1.07. The highest BCUT2D eigenvalue weighted by atomic mass is 15.1. The van der Waals surface area contributed by atoms with Crippen LogP contribution in [0.25, 0.3) is 0 Å². The highest BCUT2D eigenvalue weighted by Crippen LogP contribution is 2.25. The molecule has 2 aliphatic rings. The predicted octanol–water partition coefficient (Wildman–Crippen LogP) is 3.60. The standard InChI is InChI=1S/C19H22N2/c1-2-5-18-14-21(11-9-16(18)4-1)13-15-7-8-19-17(12-15)6-3-10-20-19/h1-2,4-5,7-8,12,20H,3,6,9-11,13-14H2. The molecule has 0 fully saturated rings. The average Bonchev–Trinajstić information content (AvgIpc) is 2.55. The number of hydrogen-bond donors (Lipinski definition) is 1. The molecule has 2 heterocycles. The second-order valence-electron chi connectivity index (χ2n) is 6.25. The first-order valence-electron chi connectivity index (χ1n) is 8.03. The van der Waals surface area contributed by atoms with Crippen molar-refractivity contribution in [2.45, 2.75) is 32.4 Å². The second-order valence-corrected chi connectivity index (χ2v) is 6.25. The van der Waals surface area contributed by atoms with Gasteiger partial charge in [0, 0.05) is 31.9 Å². The van der Waals surface area contributed by atoms with Crippen LogP contribution in [0.4, 0.5) is 5.69 Å². The quantitative estimate of drug-likeness (QED) is 0.903. The molecule has 0 aromatic heterocycles. The normalized spacial score (nSPS) is 17.7. The molecule has 2 aromatic rings. The molecule has 2 heteroatoms. The average molecular weight is 278 g/mol. The Bertz CT molecular complexity index is 648. The maximum Gasteiger partial charge on any atom is 0.0372 e. The lowest BCUT2D eigenvalue weighted by molar-refractivity contribution is 0.245. The van der Waals surface area contributed by atoms with Gasteiger partial charge in [-0.3, -0.25) is 4.90 Å². The van der Waals surface area contributed by atoms with E-state index in [2.05, 4.69) is 52.7 Å². The van der Waals surface area contributed by atoms with E-state index in [4.69, 9.17) is 0 Å². The van der Waals surface area contributed by atoms with Gasteiger partial charge >= 0.3 is 0 Å². The number of nitrogens with zero attached hydrogens (tertiary/aromatic N) is 1. The summed E-state index contributed by atoms with van der Waals surface area (Å²) in [5, 5.41) is 3.49. The Labute approximate surface area is 126 Å². The van der Waals surface area contributed by atoms with Crippen LogP contribution in [0.5, 0.6) is 0 Å². The SMILES string of the molecule is c1ccc2c(c1)CCN(Cc1ccc3c(c1)CCCN3)C2. The zero-order valence-corrected chi connectivity index (χ0v) is 12.4. The van der Waals surface area contributed by atoms with Crippen LogP contribution < -0.4 is 5.32 Å². The van der Waals surface area contributed by atoms with Gasteiger partial charge in [0.2, 0.25) is 0 Å². The Morgan fingerprint density at radius 3 is 2.81 bits per heavy atom. The van der Waals surface area contributed by atoms with Gasteiger partial charge < -0.3 is 5.32 Å². The number of aryl methyl sites for hydroxylation is 1. The molecule has 0 bridgehead atoms. The van der Waals surface area contributed by atoms with Gasteiger partial charge in [-0.1, -0.05) is 36.4 Å². The molecular weight excluding hydrogens is 256 g/mol. The van der Waals surface area contributed by atoms with Crippen molar-refractivity contribution in [2.75, 3.05) is 18.4 Å². The van der Waals surface area contributed by atoms with Gasteiger partial charge in [0.1, 0.15) is 0 Å². The largest absolute Gasteiger partial charge is 0.385 e. The van der Waals surface area contributed by atoms with Gasteiger partial charge in [0.25, 0.3) is 0 Å². The minimum atomic E-state index is 1.07. The smallest absolute Gasteiger partial charge is 0.0372 e. The van der Waals surface area contributed by atoms with Crippen molar-refractivity contribution in [1.29, 1.82) is 0 Å². The fourth-order valence-corrected chi connectivity index (χ4v) is 3.57. The van der Waals surface area contributed by atoms with Crippen molar-refractivity contribution in [2.24, 2.45) is 0 Å². The zero-order chi connectivity index (χ0) is 14.1. The third-order valence-corrected chi connectivity index (χ3v) is 4.72. The van der Waals surface area contributed by atoms with Crippen molar-refractivity contribution < 1.29 is 0 Å². The summed E-state index contributed by atoms with van der Waals surface area (Å²) in [6.07, 6.45) is 3.66. The van der Waals surface area contributed by atoms with E-state index < -0.39 is 0 Å². The summed E-state index contributed by atoms with van der Waals surface area (Å²) in [7, 11) is 0. The first-order valence-corrected chi connectivity index (χ1v) is 8.03. The van der Waals surface area contributed by atoms with Crippen LogP contribution in [-0.4, -0.2) is 18.0 Å². The molecule has 0 spiro atoms. The number of benzene rings is 2. The van der Waals surface area contributed by atoms with Gasteiger partial charge in [-0.05, 0) is 47.6 Å². The van der Waals surface area contributed by atoms with Crippen LogP contribution >= 0.6 is 0 Å². The third kappa shape index (κ3) is 2.68. The van der Waals surface area contributed by atoms with E-state index in [-0.39, 0.29) is 0 Å². The Kier molecular flexibility index (Phi) is 3.40. The number of nitrogens with one attached hydrogen (secondary N) is 1. The molecule has 1 N–H and O–H groups in total. The molecule has 4 rings (SSSR count). The number of anilines is 1. The van der Waals surface area contributed by atoms with Crippen molar-refractivity contribution in [3.8, 4) is 0 Å². The van der Waals surface area contributed by atoms with E-state index in [1.807, 2.05) is 0 Å². The van der Waals surface area contributed by atoms with Crippen LogP contribution in [0, 0.1) is 0 Å². The summed E-state index contributed by atoms with van der Waals surface area (Å²) in [5.74, 6) is 0. The van der Waals surface area contributed by atoms with Crippen molar-refractivity contribution in [1.82, 2.24) is 4.90 Å². The molecule has 0 saturated carbocycles. The minimum Gasteiger partial charge on any atom is -0.385 e. The molecule has 2 nitrogen and oxygen atoms in total. The summed E-state index contributed by atoms with van der Waals surface area (Å²) in [6, 6.07) is 15.8.